The molecule has 62 valence electrons. The van der Waals surface area contributed by atoms with Crippen LogP contribution in [0.4, 0.5) is 4.39 Å². The lowest BCUT2D eigenvalue weighted by Gasteiger charge is -1.96. The van der Waals surface area contributed by atoms with E-state index >= 15 is 0 Å². The van der Waals surface area contributed by atoms with Crippen molar-refractivity contribution in [2.24, 2.45) is 0 Å². The van der Waals surface area contributed by atoms with Gasteiger partial charge < -0.3 is 0 Å². The molecule has 4 heteroatoms. The lowest BCUT2D eigenvalue weighted by atomic mass is 10.3. The van der Waals surface area contributed by atoms with Gasteiger partial charge in [0.15, 0.2) is 0 Å². The number of pyridine rings is 1. The molecule has 0 aliphatic carbocycles. The normalized spacial score (nSPS) is 10.8. The maximum Gasteiger partial charge on any atom is 0.132 e. The zero-order valence-electron chi connectivity index (χ0n) is 6.05. The number of thiophene rings is 1. The second-order valence-corrected chi connectivity index (χ2v) is 3.67. The van der Waals surface area contributed by atoms with E-state index in [9.17, 15) is 4.39 Å². The SMILES string of the molecule is FCc1cc(Cl)c2ccsc2n1. The van der Waals surface area contributed by atoms with E-state index in [4.69, 9.17) is 11.6 Å². The Morgan fingerprint density at radius 3 is 3.17 bits per heavy atom. The van der Waals surface area contributed by atoms with E-state index in [1.807, 2.05) is 11.4 Å². The Kier molecular flexibility index (Phi) is 1.98. The number of aromatic nitrogens is 1. The molecule has 0 aromatic carbocycles. The molecule has 2 rings (SSSR count). The predicted octanol–water partition coefficient (Wildman–Crippen LogP) is 3.42. The molecule has 0 saturated carbocycles. The van der Waals surface area contributed by atoms with Crippen LogP contribution in [-0.4, -0.2) is 4.98 Å². The Hall–Kier alpha value is -0.670. The molecule has 0 N–H and O–H groups in total. The molecule has 0 aliphatic heterocycles. The molecular weight excluding hydrogens is 197 g/mol. The van der Waals surface area contributed by atoms with Gasteiger partial charge in [0.2, 0.25) is 0 Å². The van der Waals surface area contributed by atoms with Gasteiger partial charge in [-0.2, -0.15) is 0 Å². The van der Waals surface area contributed by atoms with Gasteiger partial charge in [0.25, 0.3) is 0 Å². The molecule has 0 unspecified atom stereocenters. The summed E-state index contributed by atoms with van der Waals surface area (Å²) in [4.78, 5) is 4.87. The standard InChI is InChI=1S/C8H5ClFNS/c9-7-3-5(4-10)11-8-6(7)1-2-12-8/h1-3H,4H2. The Bertz CT molecular complexity index is 412. The summed E-state index contributed by atoms with van der Waals surface area (Å²) in [5, 5.41) is 3.37. The van der Waals surface area contributed by atoms with Gasteiger partial charge in [-0.15, -0.1) is 11.3 Å². The maximum atomic E-state index is 12.2. The molecule has 0 atom stereocenters. The van der Waals surface area contributed by atoms with Gasteiger partial charge in [0.05, 0.1) is 10.7 Å². The number of rotatable bonds is 1. The minimum Gasteiger partial charge on any atom is -0.244 e. The zero-order valence-corrected chi connectivity index (χ0v) is 7.62. The minimum absolute atomic E-state index is 0.398. The Labute approximate surface area is 77.8 Å². The van der Waals surface area contributed by atoms with Gasteiger partial charge in [-0.25, -0.2) is 9.37 Å². The summed E-state index contributed by atoms with van der Waals surface area (Å²) < 4.78 is 12.2. The Morgan fingerprint density at radius 1 is 1.58 bits per heavy atom. The lowest BCUT2D eigenvalue weighted by Crippen LogP contribution is -1.84. The number of halogens is 2. The molecule has 0 amide bonds. The third-order valence-electron chi connectivity index (χ3n) is 1.58. The summed E-state index contributed by atoms with van der Waals surface area (Å²) in [5.74, 6) is 0. The number of hydrogen-bond acceptors (Lipinski definition) is 2. The van der Waals surface area contributed by atoms with E-state index in [0.29, 0.717) is 10.7 Å². The first kappa shape index (κ1) is 7.95. The molecule has 0 bridgehead atoms. The molecule has 2 aromatic heterocycles. The van der Waals surface area contributed by atoms with Gasteiger partial charge in [-0.1, -0.05) is 11.6 Å². The lowest BCUT2D eigenvalue weighted by molar-refractivity contribution is 0.477. The Morgan fingerprint density at radius 2 is 2.42 bits per heavy atom. The molecule has 2 heterocycles. The van der Waals surface area contributed by atoms with Gasteiger partial charge in [-0.05, 0) is 17.5 Å². The van der Waals surface area contributed by atoms with Crippen molar-refractivity contribution in [1.82, 2.24) is 4.98 Å². The molecule has 1 nitrogen and oxygen atoms in total. The van der Waals surface area contributed by atoms with Gasteiger partial charge in [0, 0.05) is 5.39 Å². The highest BCUT2D eigenvalue weighted by molar-refractivity contribution is 7.16. The number of fused-ring (bicyclic) bond motifs is 1. The average Bonchev–Trinajstić information content (AvgIpc) is 2.52. The van der Waals surface area contributed by atoms with Crippen LogP contribution in [-0.2, 0) is 6.67 Å². The summed E-state index contributed by atoms with van der Waals surface area (Å²) in [6.07, 6.45) is 0. The fourth-order valence-corrected chi connectivity index (χ4v) is 2.17. The van der Waals surface area contributed by atoms with Crippen molar-refractivity contribution in [3.63, 3.8) is 0 Å². The number of hydrogen-bond donors (Lipinski definition) is 0. The zero-order chi connectivity index (χ0) is 8.55. The maximum absolute atomic E-state index is 12.2. The highest BCUT2D eigenvalue weighted by Gasteiger charge is 2.04. The van der Waals surface area contributed by atoms with Crippen LogP contribution in [0.2, 0.25) is 5.02 Å². The molecule has 0 radical (unpaired) electrons. The first-order chi connectivity index (χ1) is 5.81. The van der Waals surface area contributed by atoms with Crippen LogP contribution in [0.15, 0.2) is 17.5 Å². The molecule has 12 heavy (non-hydrogen) atoms. The Balaban J connectivity index is 2.75. The van der Waals surface area contributed by atoms with E-state index in [2.05, 4.69) is 4.98 Å². The van der Waals surface area contributed by atoms with E-state index in [-0.39, 0.29) is 0 Å². The van der Waals surface area contributed by atoms with Crippen molar-refractivity contribution >= 4 is 33.2 Å². The third-order valence-corrected chi connectivity index (χ3v) is 2.70. The smallest absolute Gasteiger partial charge is 0.132 e. The van der Waals surface area contributed by atoms with E-state index in [1.165, 1.54) is 11.3 Å². The fourth-order valence-electron chi connectivity index (χ4n) is 1.02. The van der Waals surface area contributed by atoms with Crippen LogP contribution < -0.4 is 0 Å². The van der Waals surface area contributed by atoms with Crippen LogP contribution in [0.3, 0.4) is 0 Å². The van der Waals surface area contributed by atoms with Gasteiger partial charge in [0.1, 0.15) is 11.5 Å². The topological polar surface area (TPSA) is 12.9 Å². The van der Waals surface area contributed by atoms with Crippen molar-refractivity contribution in [3.05, 3.63) is 28.2 Å². The summed E-state index contributed by atoms with van der Waals surface area (Å²) in [7, 11) is 0. The second kappa shape index (κ2) is 2.99. The van der Waals surface area contributed by atoms with E-state index < -0.39 is 6.67 Å². The van der Waals surface area contributed by atoms with E-state index in [0.717, 1.165) is 10.2 Å². The minimum atomic E-state index is -0.562. The van der Waals surface area contributed by atoms with Crippen molar-refractivity contribution < 1.29 is 4.39 Å². The van der Waals surface area contributed by atoms with Crippen LogP contribution in [0.5, 0.6) is 0 Å². The summed E-state index contributed by atoms with van der Waals surface area (Å²) in [6, 6.07) is 3.45. The molecule has 0 saturated heterocycles. The van der Waals surface area contributed by atoms with Crippen molar-refractivity contribution in [2.75, 3.05) is 0 Å². The van der Waals surface area contributed by atoms with Crippen LogP contribution in [0.25, 0.3) is 10.2 Å². The summed E-state index contributed by atoms with van der Waals surface area (Å²) in [6.45, 7) is -0.562. The summed E-state index contributed by atoms with van der Waals surface area (Å²) >= 11 is 7.35. The van der Waals surface area contributed by atoms with Crippen LogP contribution >= 0.6 is 22.9 Å². The third kappa shape index (κ3) is 1.19. The number of alkyl halides is 1. The molecule has 2 aromatic rings. The quantitative estimate of drug-likeness (QED) is 0.689. The fraction of sp³-hybridized carbons (Fsp3) is 0.125. The highest BCUT2D eigenvalue weighted by Crippen LogP contribution is 2.27. The predicted molar refractivity (Wildman–Crippen MR) is 49.4 cm³/mol. The second-order valence-electron chi connectivity index (χ2n) is 2.37. The molecule has 0 spiro atoms. The van der Waals surface area contributed by atoms with Crippen molar-refractivity contribution in [1.29, 1.82) is 0 Å². The van der Waals surface area contributed by atoms with Gasteiger partial charge >= 0.3 is 0 Å². The summed E-state index contributed by atoms with van der Waals surface area (Å²) in [5.41, 5.74) is 0.398. The van der Waals surface area contributed by atoms with Crippen LogP contribution in [0, 0.1) is 0 Å². The van der Waals surface area contributed by atoms with Crippen molar-refractivity contribution in [2.45, 2.75) is 6.67 Å². The van der Waals surface area contributed by atoms with Crippen LogP contribution in [0.1, 0.15) is 5.69 Å². The monoisotopic (exact) mass is 201 g/mol. The first-order valence-electron chi connectivity index (χ1n) is 3.40. The molecular formula is C8H5ClFNS. The van der Waals surface area contributed by atoms with Gasteiger partial charge in [-0.3, -0.25) is 0 Å². The van der Waals surface area contributed by atoms with E-state index in [1.54, 1.807) is 6.07 Å². The average molecular weight is 202 g/mol. The largest absolute Gasteiger partial charge is 0.244 e. The molecule has 0 aliphatic rings. The highest BCUT2D eigenvalue weighted by atomic mass is 35.5. The van der Waals surface area contributed by atoms with Crippen molar-refractivity contribution in [3.8, 4) is 0 Å². The number of nitrogens with zero attached hydrogens (tertiary/aromatic N) is 1. The first-order valence-corrected chi connectivity index (χ1v) is 4.65. The molecule has 0 fully saturated rings.